The van der Waals surface area contributed by atoms with E-state index in [1.807, 2.05) is 0 Å². The predicted octanol–water partition coefficient (Wildman–Crippen LogP) is 2.10. The second kappa shape index (κ2) is 5.63. The molecule has 0 bridgehead atoms. The van der Waals surface area contributed by atoms with Crippen molar-refractivity contribution in [3.63, 3.8) is 0 Å². The molecule has 1 aromatic rings. The Kier molecular flexibility index (Phi) is 4.26. The molecule has 0 aliphatic carbocycles. The van der Waals surface area contributed by atoms with E-state index in [0.717, 1.165) is 11.8 Å². The summed E-state index contributed by atoms with van der Waals surface area (Å²) in [5.41, 5.74) is 0.379. The third-order valence-electron chi connectivity index (χ3n) is 2.49. The molecule has 1 aliphatic heterocycles. The lowest BCUT2D eigenvalue weighted by Gasteiger charge is -2.19. The van der Waals surface area contributed by atoms with E-state index in [-0.39, 0.29) is 10.1 Å². The molecular formula is C11H11ClN2O4S2. The number of carbonyl (C=O) groups is 1. The zero-order valence-corrected chi connectivity index (χ0v) is 13.0. The van der Waals surface area contributed by atoms with Crippen LogP contribution in [0, 0.1) is 0 Å². The Balaban J connectivity index is 2.31. The summed E-state index contributed by atoms with van der Waals surface area (Å²) in [7, 11) is -2.56. The normalized spacial score (nSPS) is 17.4. The van der Waals surface area contributed by atoms with Crippen molar-refractivity contribution < 1.29 is 17.9 Å². The van der Waals surface area contributed by atoms with Crippen LogP contribution in [0.3, 0.4) is 0 Å². The minimum Gasteiger partial charge on any atom is -0.468 e. The maximum Gasteiger partial charge on any atom is 0.318 e. The van der Waals surface area contributed by atoms with Gasteiger partial charge in [0, 0.05) is 5.02 Å². The van der Waals surface area contributed by atoms with Crippen LogP contribution in [0.2, 0.25) is 5.02 Å². The molecule has 0 radical (unpaired) electrons. The minimum absolute atomic E-state index is 0.0140. The fourth-order valence-corrected chi connectivity index (χ4v) is 3.98. The molecule has 20 heavy (non-hydrogen) atoms. The topological polar surface area (TPSA) is 84.8 Å². The van der Waals surface area contributed by atoms with Crippen molar-refractivity contribution in [3.05, 3.63) is 23.2 Å². The third kappa shape index (κ3) is 3.08. The summed E-state index contributed by atoms with van der Waals surface area (Å²) in [6, 6.07) is 4.45. The molecule has 6 nitrogen and oxygen atoms in total. The van der Waals surface area contributed by atoms with Crippen molar-refractivity contribution in [3.8, 4) is 0 Å². The molecule has 0 unspecified atom stereocenters. The number of halogens is 1. The van der Waals surface area contributed by atoms with Crippen LogP contribution in [-0.4, -0.2) is 31.9 Å². The Labute approximate surface area is 125 Å². The van der Waals surface area contributed by atoms with Gasteiger partial charge in [0.1, 0.15) is 10.1 Å². The highest BCUT2D eigenvalue weighted by molar-refractivity contribution is 8.15. The molecule has 0 amide bonds. The molecule has 0 fully saturated rings. The fourth-order valence-electron chi connectivity index (χ4n) is 1.54. The molecule has 1 heterocycles. The number of hydrogen-bond acceptors (Lipinski definition) is 6. The van der Waals surface area contributed by atoms with Gasteiger partial charge in [-0.1, -0.05) is 23.4 Å². The van der Waals surface area contributed by atoms with Gasteiger partial charge in [0.15, 0.2) is 5.17 Å². The third-order valence-corrected chi connectivity index (χ3v) is 5.12. The number of methoxy groups -OCH3 is 1. The van der Waals surface area contributed by atoms with Crippen LogP contribution in [-0.2, 0) is 19.6 Å². The molecule has 0 saturated carbocycles. The van der Waals surface area contributed by atoms with Crippen LogP contribution in [0.15, 0.2) is 27.5 Å². The Bertz CT molecular complexity index is 688. The highest BCUT2D eigenvalue weighted by atomic mass is 35.5. The van der Waals surface area contributed by atoms with E-state index in [2.05, 4.69) is 14.5 Å². The van der Waals surface area contributed by atoms with E-state index in [1.165, 1.54) is 13.2 Å². The standard InChI is InChI=1S/C11H11ClN2O4S2/c1-6(10(15)18-2)19-11-13-8-4-3-7(12)5-9(8)20(16,17)14-11/h3-6H,1-2H3,(H,13,14)/t6-/m1/s1. The number of carbonyl (C=O) groups excluding carboxylic acids is 1. The molecule has 1 N–H and O–H groups in total. The van der Waals surface area contributed by atoms with Gasteiger partial charge in [-0.15, -0.1) is 4.40 Å². The maximum absolute atomic E-state index is 12.0. The van der Waals surface area contributed by atoms with Crippen LogP contribution in [0.5, 0.6) is 0 Å². The van der Waals surface area contributed by atoms with Crippen LogP contribution >= 0.6 is 23.4 Å². The monoisotopic (exact) mass is 334 g/mol. The van der Waals surface area contributed by atoms with Crippen LogP contribution in [0.1, 0.15) is 6.92 Å². The van der Waals surface area contributed by atoms with Gasteiger partial charge in [-0.2, -0.15) is 8.42 Å². The average molecular weight is 335 g/mol. The first-order valence-electron chi connectivity index (χ1n) is 5.49. The first-order valence-corrected chi connectivity index (χ1v) is 8.19. The number of fused-ring (bicyclic) bond motifs is 1. The average Bonchev–Trinajstić information content (AvgIpc) is 2.38. The number of rotatable bonds is 2. The maximum atomic E-state index is 12.0. The fraction of sp³-hybridized carbons (Fsp3) is 0.273. The summed E-state index contributed by atoms with van der Waals surface area (Å²) >= 11 is 6.75. The molecule has 2 rings (SSSR count). The molecule has 0 spiro atoms. The van der Waals surface area contributed by atoms with Gasteiger partial charge in [-0.05, 0) is 25.1 Å². The zero-order chi connectivity index (χ0) is 14.9. The largest absolute Gasteiger partial charge is 0.468 e. The predicted molar refractivity (Wildman–Crippen MR) is 78.8 cm³/mol. The highest BCUT2D eigenvalue weighted by Gasteiger charge is 2.27. The van der Waals surface area contributed by atoms with E-state index in [1.54, 1.807) is 19.1 Å². The molecule has 9 heteroatoms. The Morgan fingerprint density at radius 3 is 2.85 bits per heavy atom. The van der Waals surface area contributed by atoms with Crippen molar-refractivity contribution in [1.29, 1.82) is 0 Å². The number of amidine groups is 1. The van der Waals surface area contributed by atoms with Gasteiger partial charge in [0.05, 0.1) is 12.8 Å². The number of hydrogen-bond donors (Lipinski definition) is 1. The van der Waals surface area contributed by atoms with Crippen LogP contribution in [0.4, 0.5) is 5.69 Å². The summed E-state index contributed by atoms with van der Waals surface area (Å²) in [5.74, 6) is -0.459. The highest BCUT2D eigenvalue weighted by Crippen LogP contribution is 2.32. The van der Waals surface area contributed by atoms with Crippen molar-refractivity contribution in [2.45, 2.75) is 17.1 Å². The SMILES string of the molecule is COC(=O)[C@@H](C)SC1=NS(=O)(=O)c2cc(Cl)ccc2N1. The van der Waals surface area contributed by atoms with Gasteiger partial charge >= 0.3 is 5.97 Å². The van der Waals surface area contributed by atoms with Gasteiger partial charge in [-0.25, -0.2) is 0 Å². The van der Waals surface area contributed by atoms with E-state index in [0.29, 0.717) is 10.7 Å². The molecule has 1 aliphatic rings. The quantitative estimate of drug-likeness (QED) is 0.834. The first-order chi connectivity index (χ1) is 9.33. The lowest BCUT2D eigenvalue weighted by atomic mass is 10.3. The first kappa shape index (κ1) is 15.1. The van der Waals surface area contributed by atoms with Gasteiger partial charge < -0.3 is 10.1 Å². The van der Waals surface area contributed by atoms with E-state index >= 15 is 0 Å². The van der Waals surface area contributed by atoms with Crippen molar-refractivity contribution in [1.82, 2.24) is 0 Å². The number of thioether (sulfide) groups is 1. The Morgan fingerprint density at radius 2 is 2.20 bits per heavy atom. The van der Waals surface area contributed by atoms with E-state index in [9.17, 15) is 13.2 Å². The molecule has 1 aromatic carbocycles. The number of esters is 1. The van der Waals surface area contributed by atoms with E-state index in [4.69, 9.17) is 11.6 Å². The molecule has 108 valence electrons. The van der Waals surface area contributed by atoms with E-state index < -0.39 is 21.2 Å². The van der Waals surface area contributed by atoms with Gasteiger partial charge in [-0.3, -0.25) is 4.79 Å². The minimum atomic E-state index is -3.82. The Morgan fingerprint density at radius 1 is 1.50 bits per heavy atom. The summed E-state index contributed by atoms with van der Waals surface area (Å²) < 4.78 is 32.3. The van der Waals surface area contributed by atoms with Crippen LogP contribution in [0.25, 0.3) is 0 Å². The molecule has 1 atom stereocenters. The van der Waals surface area contributed by atoms with Crippen LogP contribution < -0.4 is 5.32 Å². The molecule has 0 aromatic heterocycles. The number of sulfonamides is 1. The molecular weight excluding hydrogens is 324 g/mol. The lowest BCUT2D eigenvalue weighted by molar-refractivity contribution is -0.139. The second-order valence-corrected chi connectivity index (χ2v) is 7.26. The summed E-state index contributed by atoms with van der Waals surface area (Å²) in [5, 5.41) is 2.71. The number of nitrogens with one attached hydrogen (secondary N) is 1. The number of ether oxygens (including phenoxy) is 1. The summed E-state index contributed by atoms with van der Waals surface area (Å²) in [6.07, 6.45) is 0. The summed E-state index contributed by atoms with van der Waals surface area (Å²) in [6.45, 7) is 1.60. The number of anilines is 1. The van der Waals surface area contributed by atoms with Crippen molar-refractivity contribution >= 4 is 50.2 Å². The zero-order valence-electron chi connectivity index (χ0n) is 10.6. The lowest BCUT2D eigenvalue weighted by Crippen LogP contribution is -2.24. The van der Waals surface area contributed by atoms with Gasteiger partial charge in [0.25, 0.3) is 10.0 Å². The summed E-state index contributed by atoms with van der Waals surface area (Å²) in [4.78, 5) is 11.4. The smallest absolute Gasteiger partial charge is 0.318 e. The number of benzene rings is 1. The van der Waals surface area contributed by atoms with Crippen molar-refractivity contribution in [2.24, 2.45) is 4.40 Å². The second-order valence-electron chi connectivity index (χ2n) is 3.92. The Hall–Kier alpha value is -1.25. The van der Waals surface area contributed by atoms with Crippen molar-refractivity contribution in [2.75, 3.05) is 12.4 Å². The number of nitrogens with zero attached hydrogens (tertiary/aromatic N) is 1. The molecule has 0 saturated heterocycles. The van der Waals surface area contributed by atoms with Gasteiger partial charge in [0.2, 0.25) is 0 Å².